The van der Waals surface area contributed by atoms with Crippen molar-refractivity contribution >= 4 is 45.7 Å². The van der Waals surface area contributed by atoms with Crippen LogP contribution in [0.4, 0.5) is 10.8 Å². The number of carbonyl (C=O) groups excluding carboxylic acids is 2. The number of ether oxygens (including phenoxy) is 1. The summed E-state index contributed by atoms with van der Waals surface area (Å²) < 4.78 is 5.88. The Hall–Kier alpha value is -2.33. The first-order valence-corrected chi connectivity index (χ1v) is 8.30. The van der Waals surface area contributed by atoms with Crippen molar-refractivity contribution in [2.24, 2.45) is 5.73 Å². The molecular weight excluding hydrogens is 338 g/mol. The number of para-hydroxylation sites is 2. The summed E-state index contributed by atoms with van der Waals surface area (Å²) in [5.41, 5.74) is 5.73. The summed E-state index contributed by atoms with van der Waals surface area (Å²) in [6.45, 7) is -0.171. The van der Waals surface area contributed by atoms with Crippen LogP contribution in [-0.2, 0) is 9.59 Å². The quantitative estimate of drug-likeness (QED) is 0.605. The lowest BCUT2D eigenvalue weighted by Crippen LogP contribution is -2.34. The van der Waals surface area contributed by atoms with Gasteiger partial charge >= 0.3 is 0 Å². The van der Waals surface area contributed by atoms with Crippen molar-refractivity contribution in [3.05, 3.63) is 24.3 Å². The Morgan fingerprint density at radius 2 is 2.13 bits per heavy atom. The third kappa shape index (κ3) is 5.42. The van der Waals surface area contributed by atoms with E-state index in [0.29, 0.717) is 15.2 Å². The Kier molecular flexibility index (Phi) is 6.18. The van der Waals surface area contributed by atoms with Crippen molar-refractivity contribution in [1.82, 2.24) is 15.5 Å². The molecule has 0 saturated heterocycles. The Balaban J connectivity index is 1.88. The Labute approximate surface area is 140 Å². The number of carbonyl (C=O) groups is 2. The van der Waals surface area contributed by atoms with E-state index >= 15 is 0 Å². The van der Waals surface area contributed by atoms with Gasteiger partial charge < -0.3 is 21.1 Å². The van der Waals surface area contributed by atoms with Gasteiger partial charge in [0.25, 0.3) is 0 Å². The van der Waals surface area contributed by atoms with Gasteiger partial charge in [0, 0.05) is 0 Å². The third-order valence-electron chi connectivity index (χ3n) is 2.54. The number of primary amides is 1. The molecule has 0 saturated carbocycles. The molecule has 2 rings (SSSR count). The minimum absolute atomic E-state index is 0.135. The van der Waals surface area contributed by atoms with Crippen LogP contribution in [0.15, 0.2) is 28.6 Å². The van der Waals surface area contributed by atoms with Crippen molar-refractivity contribution in [3.63, 3.8) is 0 Å². The highest BCUT2D eigenvalue weighted by atomic mass is 32.2. The van der Waals surface area contributed by atoms with Crippen molar-refractivity contribution in [1.29, 1.82) is 0 Å². The highest BCUT2D eigenvalue weighted by Gasteiger charge is 2.10. The van der Waals surface area contributed by atoms with E-state index in [0.717, 1.165) is 5.69 Å². The lowest BCUT2D eigenvalue weighted by Gasteiger charge is -2.07. The van der Waals surface area contributed by atoms with E-state index in [4.69, 9.17) is 10.5 Å². The predicted molar refractivity (Wildman–Crippen MR) is 89.1 cm³/mol. The Morgan fingerprint density at radius 1 is 1.35 bits per heavy atom. The zero-order valence-electron chi connectivity index (χ0n) is 12.2. The van der Waals surface area contributed by atoms with Crippen molar-refractivity contribution < 1.29 is 14.3 Å². The molecule has 2 aromatic rings. The Bertz CT molecular complexity index is 692. The number of anilines is 2. The number of nitrogens with two attached hydrogens (primary N) is 1. The van der Waals surface area contributed by atoms with Crippen LogP contribution in [0.5, 0.6) is 5.75 Å². The van der Waals surface area contributed by atoms with E-state index in [1.165, 1.54) is 23.1 Å². The number of thioether (sulfide) groups is 1. The van der Waals surface area contributed by atoms with Crippen LogP contribution in [0.1, 0.15) is 0 Å². The summed E-state index contributed by atoms with van der Waals surface area (Å²) in [5, 5.41) is 14.1. The third-order valence-corrected chi connectivity index (χ3v) is 4.51. The van der Waals surface area contributed by atoms with Gasteiger partial charge in [-0.05, 0) is 12.1 Å². The van der Waals surface area contributed by atoms with Crippen LogP contribution in [0.25, 0.3) is 0 Å². The summed E-state index contributed by atoms with van der Waals surface area (Å²) in [4.78, 5) is 22.1. The lowest BCUT2D eigenvalue weighted by atomic mass is 10.3. The maximum absolute atomic E-state index is 11.5. The summed E-state index contributed by atoms with van der Waals surface area (Å²) in [7, 11) is 1.59. The molecule has 0 spiro atoms. The van der Waals surface area contributed by atoms with Gasteiger partial charge in [-0.15, -0.1) is 10.2 Å². The van der Waals surface area contributed by atoms with Gasteiger partial charge in [0.05, 0.1) is 25.1 Å². The standard InChI is InChI=1S/C13H15N5O3S2/c1-21-9-5-3-2-4-8(9)16-12-17-18-13(23-12)22-7-11(20)15-6-10(14)19/h2-5H,6-7H2,1H3,(H2,14,19)(H,15,20)(H,16,17). The molecule has 1 heterocycles. The fraction of sp³-hybridized carbons (Fsp3) is 0.231. The van der Waals surface area contributed by atoms with E-state index in [1.54, 1.807) is 7.11 Å². The highest BCUT2D eigenvalue weighted by molar-refractivity contribution is 8.01. The fourth-order valence-electron chi connectivity index (χ4n) is 1.55. The molecule has 0 bridgehead atoms. The fourth-order valence-corrected chi connectivity index (χ4v) is 3.14. The largest absolute Gasteiger partial charge is 0.495 e. The van der Waals surface area contributed by atoms with Gasteiger partial charge in [-0.1, -0.05) is 35.2 Å². The average molecular weight is 353 g/mol. The second kappa shape index (κ2) is 8.34. The van der Waals surface area contributed by atoms with Crippen LogP contribution in [-0.4, -0.2) is 41.4 Å². The number of rotatable bonds is 8. The molecule has 122 valence electrons. The molecule has 0 aliphatic rings. The van der Waals surface area contributed by atoms with Crippen molar-refractivity contribution in [2.45, 2.75) is 4.34 Å². The molecular formula is C13H15N5O3S2. The number of aromatic nitrogens is 2. The first-order valence-electron chi connectivity index (χ1n) is 6.50. The van der Waals surface area contributed by atoms with Gasteiger partial charge in [-0.2, -0.15) is 0 Å². The molecule has 0 atom stereocenters. The van der Waals surface area contributed by atoms with Crippen molar-refractivity contribution in [3.8, 4) is 5.75 Å². The molecule has 0 unspecified atom stereocenters. The van der Waals surface area contributed by atoms with Crippen LogP contribution in [0, 0.1) is 0 Å². The van der Waals surface area contributed by atoms with Crippen molar-refractivity contribution in [2.75, 3.05) is 24.7 Å². The van der Waals surface area contributed by atoms with Gasteiger partial charge in [0.2, 0.25) is 16.9 Å². The van der Waals surface area contributed by atoms with E-state index in [9.17, 15) is 9.59 Å². The number of hydrogen-bond donors (Lipinski definition) is 3. The molecule has 8 nitrogen and oxygen atoms in total. The molecule has 1 aromatic carbocycles. The van der Waals surface area contributed by atoms with Gasteiger partial charge in [-0.25, -0.2) is 0 Å². The number of nitrogens with one attached hydrogen (secondary N) is 2. The second-order valence-electron chi connectivity index (χ2n) is 4.23. The first-order chi connectivity index (χ1) is 11.1. The average Bonchev–Trinajstić information content (AvgIpc) is 2.99. The summed E-state index contributed by atoms with van der Waals surface area (Å²) >= 11 is 2.55. The van der Waals surface area contributed by atoms with E-state index in [1.807, 2.05) is 24.3 Å². The van der Waals surface area contributed by atoms with E-state index < -0.39 is 5.91 Å². The predicted octanol–water partition coefficient (Wildman–Crippen LogP) is 0.984. The Morgan fingerprint density at radius 3 is 2.87 bits per heavy atom. The minimum atomic E-state index is -0.581. The summed E-state index contributed by atoms with van der Waals surface area (Å²) in [6, 6.07) is 7.45. The molecule has 2 amide bonds. The maximum Gasteiger partial charge on any atom is 0.236 e. The summed E-state index contributed by atoms with van der Waals surface area (Å²) in [5.74, 6) is -0.0372. The van der Waals surface area contributed by atoms with E-state index in [2.05, 4.69) is 20.8 Å². The molecule has 23 heavy (non-hydrogen) atoms. The van der Waals surface area contributed by atoms with Gasteiger partial charge in [-0.3, -0.25) is 9.59 Å². The monoisotopic (exact) mass is 353 g/mol. The molecule has 10 heteroatoms. The van der Waals surface area contributed by atoms with Crippen LogP contribution in [0.2, 0.25) is 0 Å². The molecule has 0 aliphatic carbocycles. The summed E-state index contributed by atoms with van der Waals surface area (Å²) in [6.07, 6.45) is 0. The SMILES string of the molecule is COc1ccccc1Nc1nnc(SCC(=O)NCC(N)=O)s1. The topological polar surface area (TPSA) is 119 Å². The first kappa shape index (κ1) is 17.0. The van der Waals surface area contributed by atoms with Gasteiger partial charge in [0.1, 0.15) is 5.75 Å². The van der Waals surface area contributed by atoms with E-state index in [-0.39, 0.29) is 18.2 Å². The van der Waals surface area contributed by atoms with Crippen LogP contribution < -0.4 is 21.1 Å². The zero-order chi connectivity index (χ0) is 16.7. The molecule has 0 aliphatic heterocycles. The number of amides is 2. The number of hydrogen-bond acceptors (Lipinski definition) is 8. The molecule has 1 aromatic heterocycles. The minimum Gasteiger partial charge on any atom is -0.495 e. The number of nitrogens with zero attached hydrogens (tertiary/aromatic N) is 2. The maximum atomic E-state index is 11.5. The van der Waals surface area contributed by atoms with Gasteiger partial charge in [0.15, 0.2) is 4.34 Å². The zero-order valence-corrected chi connectivity index (χ0v) is 13.9. The normalized spacial score (nSPS) is 10.1. The number of benzene rings is 1. The lowest BCUT2D eigenvalue weighted by molar-refractivity contribution is -0.123. The molecule has 0 radical (unpaired) electrons. The number of methoxy groups -OCH3 is 1. The molecule has 0 fully saturated rings. The van der Waals surface area contributed by atoms with Crippen LogP contribution >= 0.6 is 23.1 Å². The second-order valence-corrected chi connectivity index (χ2v) is 6.43. The van der Waals surface area contributed by atoms with Crippen LogP contribution in [0.3, 0.4) is 0 Å². The smallest absolute Gasteiger partial charge is 0.236 e. The highest BCUT2D eigenvalue weighted by Crippen LogP contribution is 2.31. The molecule has 4 N–H and O–H groups in total.